The first kappa shape index (κ1) is 56.6. The van der Waals surface area contributed by atoms with Crippen LogP contribution in [0.1, 0.15) is 35.4 Å². The Labute approximate surface area is 465 Å². The largest absolute Gasteiger partial charge is 0.497 e. The molecule has 3 aromatic carbocycles. The smallest absolute Gasteiger partial charge is 0.475 e. The topological polar surface area (TPSA) is 326 Å². The Morgan fingerprint density at radius 2 is 1.16 bits per heavy atom. The zero-order chi connectivity index (χ0) is 57.3. The Balaban J connectivity index is 1.06. The number of ether oxygens (including phenoxy) is 11. The van der Waals surface area contributed by atoms with Crippen molar-refractivity contribution >= 4 is 24.8 Å². The van der Waals surface area contributed by atoms with Crippen molar-refractivity contribution in [2.24, 2.45) is 0 Å². The maximum absolute atomic E-state index is 16.7. The minimum absolute atomic E-state index is 0.129. The standard InChI is InChI=1S/C53H58N9O19P/c1-68-23-34-41(79-53(29-9-7-6-8-10-29,30-11-15-32(70-3)16-12-30)31-13-17-33(71-4)18-14-31)45(50(76-34)61-22-20-38(64)59-52(61)66)81-82(67,80-42-35(24-69-2)77-48(43(42)72-5)60-21-19-37(63)58-51(60)65)75-25-36-40-44(74-28-73-40)49(78-36)62-27-57-39-46(54)55-26-56-47(39)62/h6-22,26-27,34-36,40-45,48-50H,23-25,28H2,1-5H3,(H2,54,55,56)(H,58,63,65)(H,59,64,66)/t34-,35-,36-,40-,41-,42-,43-,44-,45-,48-,49-,50-,82?/m1/s1. The number of nitrogens with one attached hydrogen (secondary N) is 2. The first-order valence-corrected chi connectivity index (χ1v) is 27.2. The SMILES string of the molecule is COC[C@H]1O[C@@H](n2ccc(=O)[nH]c2=O)[C@H](OP(=O)(OC[C@H]2O[C@@H](n3cnc4c(N)ncnc43)[C@@H]3OCO[C@@H]32)O[C@H]2[C@@H](OC)[C@H](n3ccc(=O)[nH]c3=O)O[C@@H]2COC)[C@@H]1OC(c1ccccc1)(c1ccc(OC)cc1)c1ccc(OC)cc1. The summed E-state index contributed by atoms with van der Waals surface area (Å²) >= 11 is 0. The lowest BCUT2D eigenvalue weighted by atomic mass is 9.79. The fraction of sp³-hybridized carbons (Fsp3) is 0.415. The molecule has 29 heteroatoms. The van der Waals surface area contributed by atoms with Crippen LogP contribution in [-0.2, 0) is 66.4 Å². The fourth-order valence-electron chi connectivity index (χ4n) is 10.8. The van der Waals surface area contributed by atoms with Crippen LogP contribution in [0.4, 0.5) is 5.82 Å². The van der Waals surface area contributed by atoms with Gasteiger partial charge in [-0.25, -0.2) is 29.1 Å². The number of hydrogen-bond acceptors (Lipinski definition) is 23. The molecule has 28 nitrogen and oxygen atoms in total. The molecule has 82 heavy (non-hydrogen) atoms. The van der Waals surface area contributed by atoms with Gasteiger partial charge in [0.1, 0.15) is 90.7 Å². The molecular weight excluding hydrogens is 1100 g/mol. The first-order valence-electron chi connectivity index (χ1n) is 25.7. The van der Waals surface area contributed by atoms with Crippen LogP contribution in [0.25, 0.3) is 11.2 Å². The Hall–Kier alpha value is -7.28. The molecule has 4 fully saturated rings. The summed E-state index contributed by atoms with van der Waals surface area (Å²) in [4.78, 5) is 69.8. The van der Waals surface area contributed by atoms with E-state index in [0.717, 1.165) is 21.3 Å². The van der Waals surface area contributed by atoms with E-state index < -0.39 is 116 Å². The van der Waals surface area contributed by atoms with Gasteiger partial charge in [0.2, 0.25) is 0 Å². The van der Waals surface area contributed by atoms with Crippen molar-refractivity contribution in [1.29, 1.82) is 0 Å². The number of rotatable bonds is 22. The maximum Gasteiger partial charge on any atom is 0.475 e. The van der Waals surface area contributed by atoms with Crippen molar-refractivity contribution < 1.29 is 70.2 Å². The lowest BCUT2D eigenvalue weighted by molar-refractivity contribution is -0.122. The molecule has 4 aliphatic rings. The van der Waals surface area contributed by atoms with Crippen LogP contribution in [0.3, 0.4) is 0 Å². The van der Waals surface area contributed by atoms with Gasteiger partial charge in [-0.2, -0.15) is 0 Å². The Morgan fingerprint density at radius 3 is 1.73 bits per heavy atom. The number of anilines is 1. The number of aromatic amines is 2. The van der Waals surface area contributed by atoms with Gasteiger partial charge >= 0.3 is 19.2 Å². The zero-order valence-corrected chi connectivity index (χ0v) is 45.6. The quantitative estimate of drug-likeness (QED) is 0.0648. The van der Waals surface area contributed by atoms with Crippen LogP contribution < -0.4 is 37.7 Å². The highest BCUT2D eigenvalue weighted by Crippen LogP contribution is 2.59. The molecule has 13 atom stereocenters. The van der Waals surface area contributed by atoms with Gasteiger partial charge in [0.15, 0.2) is 30.1 Å². The van der Waals surface area contributed by atoms with Gasteiger partial charge < -0.3 is 57.8 Å². The molecular formula is C53H58N9O19P. The van der Waals surface area contributed by atoms with Gasteiger partial charge in [-0.15, -0.1) is 0 Å². The second-order valence-corrected chi connectivity index (χ2v) is 20.8. The molecule has 0 radical (unpaired) electrons. The van der Waals surface area contributed by atoms with Crippen LogP contribution in [0.5, 0.6) is 11.5 Å². The lowest BCUT2D eigenvalue weighted by Crippen LogP contribution is -2.47. The van der Waals surface area contributed by atoms with Gasteiger partial charge in [-0.1, -0.05) is 54.6 Å². The van der Waals surface area contributed by atoms with Gasteiger partial charge in [0.05, 0.1) is 40.4 Å². The third-order valence-electron chi connectivity index (χ3n) is 14.6. The molecule has 4 saturated heterocycles. The minimum Gasteiger partial charge on any atom is -0.497 e. The van der Waals surface area contributed by atoms with Crippen molar-refractivity contribution in [3.8, 4) is 11.5 Å². The number of fused-ring (bicyclic) bond motifs is 2. The lowest BCUT2D eigenvalue weighted by Gasteiger charge is -2.40. The average Bonchev–Trinajstić information content (AvgIpc) is 3.16. The number of methoxy groups -OCH3 is 5. The number of imidazole rings is 1. The number of phosphoric ester groups is 1. The van der Waals surface area contributed by atoms with E-state index >= 15 is 4.57 Å². The van der Waals surface area contributed by atoms with Crippen LogP contribution in [0.15, 0.2) is 135 Å². The molecule has 0 bridgehead atoms. The van der Waals surface area contributed by atoms with E-state index in [1.807, 2.05) is 54.6 Å². The highest BCUT2D eigenvalue weighted by Gasteiger charge is 2.59. The molecule has 11 rings (SSSR count). The van der Waals surface area contributed by atoms with Crippen molar-refractivity contribution in [3.05, 3.63) is 174 Å². The summed E-state index contributed by atoms with van der Waals surface area (Å²) in [5, 5.41) is 0. The van der Waals surface area contributed by atoms with Gasteiger partial charge in [-0.3, -0.25) is 46.8 Å². The number of benzene rings is 3. The first-order chi connectivity index (χ1) is 39.8. The number of H-pyrrole nitrogens is 2. The summed E-state index contributed by atoms with van der Waals surface area (Å²) in [7, 11) is 1.84. The van der Waals surface area contributed by atoms with Gasteiger partial charge in [0, 0.05) is 45.9 Å². The van der Waals surface area contributed by atoms with Crippen molar-refractivity contribution in [2.75, 3.05) is 67.9 Å². The number of hydrogen-bond donors (Lipinski definition) is 3. The summed E-state index contributed by atoms with van der Waals surface area (Å²) < 4.78 is 109. The Morgan fingerprint density at radius 1 is 0.610 bits per heavy atom. The second kappa shape index (κ2) is 23.9. The molecule has 4 aliphatic heterocycles. The fourth-order valence-corrected chi connectivity index (χ4v) is 12.4. The summed E-state index contributed by atoms with van der Waals surface area (Å²) in [5.74, 6) is 1.20. The highest BCUT2D eigenvalue weighted by atomic mass is 31.2. The van der Waals surface area contributed by atoms with E-state index in [2.05, 4.69) is 24.9 Å². The van der Waals surface area contributed by atoms with E-state index in [9.17, 15) is 19.2 Å². The number of aromatic nitrogens is 8. The predicted molar refractivity (Wildman–Crippen MR) is 284 cm³/mol. The summed E-state index contributed by atoms with van der Waals surface area (Å²) in [6.07, 6.45) is -9.81. The molecule has 0 saturated carbocycles. The number of nitrogens with two attached hydrogens (primary N) is 1. The highest BCUT2D eigenvalue weighted by molar-refractivity contribution is 7.48. The van der Waals surface area contributed by atoms with Gasteiger partial charge in [-0.05, 0) is 41.0 Å². The number of nitrogens with zero attached hydrogens (tertiary/aromatic N) is 6. The monoisotopic (exact) mass is 1160 g/mol. The van der Waals surface area contributed by atoms with Gasteiger partial charge in [0.25, 0.3) is 11.1 Å². The van der Waals surface area contributed by atoms with E-state index in [0.29, 0.717) is 39.4 Å². The van der Waals surface area contributed by atoms with Crippen LogP contribution in [-0.4, -0.2) is 156 Å². The normalized spacial score (nSPS) is 26.9. The maximum atomic E-state index is 16.7. The third-order valence-corrected chi connectivity index (χ3v) is 16.1. The van der Waals surface area contributed by atoms with E-state index in [4.69, 9.17) is 71.4 Å². The molecule has 4 N–H and O–H groups in total. The minimum atomic E-state index is -5.36. The van der Waals surface area contributed by atoms with Crippen molar-refractivity contribution in [2.45, 2.75) is 79.2 Å². The molecule has 434 valence electrons. The Bertz CT molecular complexity index is 3590. The summed E-state index contributed by atoms with van der Waals surface area (Å²) in [6.45, 7) is -1.20. The van der Waals surface area contributed by atoms with E-state index in [-0.39, 0.29) is 25.8 Å². The molecule has 0 amide bonds. The second-order valence-electron chi connectivity index (χ2n) is 19.3. The zero-order valence-electron chi connectivity index (χ0n) is 44.7. The number of phosphoric acid groups is 1. The number of nitrogen functional groups attached to an aromatic ring is 1. The average molecular weight is 1160 g/mol. The Kier molecular flexibility index (Phi) is 16.5. The van der Waals surface area contributed by atoms with Crippen LogP contribution in [0, 0.1) is 0 Å². The molecule has 1 unspecified atom stereocenters. The van der Waals surface area contributed by atoms with E-state index in [1.165, 1.54) is 46.4 Å². The van der Waals surface area contributed by atoms with Crippen LogP contribution in [0.2, 0.25) is 0 Å². The molecule has 0 aliphatic carbocycles. The van der Waals surface area contributed by atoms with Crippen LogP contribution >= 0.6 is 7.82 Å². The predicted octanol–water partition coefficient (Wildman–Crippen LogP) is 2.54. The van der Waals surface area contributed by atoms with E-state index in [1.54, 1.807) is 43.1 Å². The van der Waals surface area contributed by atoms with Crippen molar-refractivity contribution in [3.63, 3.8) is 0 Å². The van der Waals surface area contributed by atoms with Crippen molar-refractivity contribution in [1.82, 2.24) is 38.6 Å². The summed E-state index contributed by atoms with van der Waals surface area (Å²) in [6, 6.07) is 25.8. The molecule has 4 aromatic heterocycles. The molecule has 7 aromatic rings. The summed E-state index contributed by atoms with van der Waals surface area (Å²) in [5.41, 5.74) is 3.68. The third kappa shape index (κ3) is 10.7. The molecule has 8 heterocycles. The molecule has 0 spiro atoms.